The largest absolute Gasteiger partial charge is 0.423 e. The van der Waals surface area contributed by atoms with E-state index in [9.17, 15) is 35.9 Å². The van der Waals surface area contributed by atoms with Crippen LogP contribution in [0, 0.1) is 0 Å². The molecule has 1 atom stereocenters. The molecule has 0 unspecified atom stereocenters. The van der Waals surface area contributed by atoms with Crippen molar-refractivity contribution in [3.8, 4) is 0 Å². The Balaban J connectivity index is 5.15. The number of ketones is 1. The number of carbonyl (C=O) groups is 2. The number of halogens is 6. The lowest BCUT2D eigenvalue weighted by molar-refractivity contribution is -0.319. The summed E-state index contributed by atoms with van der Waals surface area (Å²) in [5.41, 5.74) is 3.96. The highest BCUT2D eigenvalue weighted by Gasteiger charge is 2.58. The number of ether oxygens (including phenoxy) is 2. The van der Waals surface area contributed by atoms with Crippen molar-refractivity contribution < 1.29 is 45.4 Å². The van der Waals surface area contributed by atoms with Crippen LogP contribution in [0.1, 0.15) is 33.1 Å². The third kappa shape index (κ3) is 8.89. The zero-order valence-corrected chi connectivity index (χ0v) is 15.2. The molecule has 0 heterocycles. The van der Waals surface area contributed by atoms with Crippen LogP contribution in [0.25, 0.3) is 0 Å². The number of hydrogen-bond acceptors (Lipinski definition) is 5. The van der Waals surface area contributed by atoms with E-state index in [1.54, 1.807) is 0 Å². The highest BCUT2D eigenvalue weighted by molar-refractivity contribution is 5.92. The Morgan fingerprint density at radius 1 is 1.04 bits per heavy atom. The standard InChI is InChI=1S/C15H24F6N2O4/c1-13(2,26-3)12(25)23-9(6-4-5-7-22)10(24)8-27-11(14(16,17)18)15(19,20)21/h9,11H,4-8,22H2,1-3H3,(H,23,25)/t9-/m0/s1. The van der Waals surface area contributed by atoms with Gasteiger partial charge in [-0.05, 0) is 39.7 Å². The SMILES string of the molecule is COC(C)(C)C(=O)N[C@@H](CCCCN)C(=O)COC(C(F)(F)F)C(F)(F)F. The Morgan fingerprint density at radius 2 is 1.56 bits per heavy atom. The van der Waals surface area contributed by atoms with Crippen LogP contribution >= 0.6 is 0 Å². The molecule has 1 amide bonds. The zero-order valence-electron chi connectivity index (χ0n) is 15.2. The van der Waals surface area contributed by atoms with Crippen molar-refractivity contribution in [2.75, 3.05) is 20.3 Å². The van der Waals surface area contributed by atoms with E-state index in [0.29, 0.717) is 12.8 Å². The van der Waals surface area contributed by atoms with E-state index < -0.39 is 48.4 Å². The first-order chi connectivity index (χ1) is 12.2. The molecule has 0 aliphatic carbocycles. The number of nitrogens with one attached hydrogen (secondary N) is 1. The third-order valence-corrected chi connectivity index (χ3v) is 3.68. The number of unbranched alkanes of at least 4 members (excludes halogenated alkanes) is 1. The average Bonchev–Trinajstić information content (AvgIpc) is 2.51. The van der Waals surface area contributed by atoms with E-state index in [0.717, 1.165) is 0 Å². The minimum atomic E-state index is -5.73. The minimum absolute atomic E-state index is 0.0202. The zero-order chi connectivity index (χ0) is 21.5. The summed E-state index contributed by atoms with van der Waals surface area (Å²) in [5, 5.41) is 2.27. The fourth-order valence-corrected chi connectivity index (χ4v) is 1.87. The van der Waals surface area contributed by atoms with Crippen LogP contribution in [-0.4, -0.2) is 62.1 Å². The van der Waals surface area contributed by atoms with E-state index >= 15 is 0 Å². The molecule has 0 spiro atoms. The normalized spacial score (nSPS) is 14.3. The number of methoxy groups -OCH3 is 1. The Labute approximate surface area is 152 Å². The van der Waals surface area contributed by atoms with Crippen molar-refractivity contribution in [2.45, 2.75) is 63.2 Å². The predicted molar refractivity (Wildman–Crippen MR) is 82.8 cm³/mol. The van der Waals surface area contributed by atoms with Crippen molar-refractivity contribution in [1.29, 1.82) is 0 Å². The van der Waals surface area contributed by atoms with Crippen molar-refractivity contribution in [3.05, 3.63) is 0 Å². The van der Waals surface area contributed by atoms with Crippen molar-refractivity contribution in [2.24, 2.45) is 5.73 Å². The van der Waals surface area contributed by atoms with Gasteiger partial charge in [0, 0.05) is 7.11 Å². The minimum Gasteiger partial charge on any atom is -0.369 e. The van der Waals surface area contributed by atoms with Gasteiger partial charge in [-0.3, -0.25) is 9.59 Å². The lowest BCUT2D eigenvalue weighted by Crippen LogP contribution is -2.52. The van der Waals surface area contributed by atoms with Gasteiger partial charge in [0.05, 0.1) is 6.04 Å². The molecule has 27 heavy (non-hydrogen) atoms. The van der Waals surface area contributed by atoms with Gasteiger partial charge < -0.3 is 20.5 Å². The van der Waals surface area contributed by atoms with Crippen LogP contribution in [0.3, 0.4) is 0 Å². The molecule has 0 radical (unpaired) electrons. The first kappa shape index (κ1) is 25.6. The summed E-state index contributed by atoms with van der Waals surface area (Å²) in [4.78, 5) is 24.2. The molecule has 0 bridgehead atoms. The number of rotatable bonds is 11. The van der Waals surface area contributed by atoms with Crippen LogP contribution in [0.5, 0.6) is 0 Å². The third-order valence-electron chi connectivity index (χ3n) is 3.68. The van der Waals surface area contributed by atoms with E-state index in [-0.39, 0.29) is 13.0 Å². The van der Waals surface area contributed by atoms with Gasteiger partial charge >= 0.3 is 12.4 Å². The summed E-state index contributed by atoms with van der Waals surface area (Å²) < 4.78 is 83.6. The molecule has 0 aliphatic rings. The van der Waals surface area contributed by atoms with Gasteiger partial charge in [-0.15, -0.1) is 0 Å². The maximum atomic E-state index is 12.5. The summed E-state index contributed by atoms with van der Waals surface area (Å²) in [6, 6.07) is -1.33. The van der Waals surface area contributed by atoms with Gasteiger partial charge in [0.25, 0.3) is 5.91 Å². The summed E-state index contributed by atoms with van der Waals surface area (Å²) in [7, 11) is 1.23. The highest BCUT2D eigenvalue weighted by Crippen LogP contribution is 2.35. The quantitative estimate of drug-likeness (QED) is 0.402. The Morgan fingerprint density at radius 3 is 1.96 bits per heavy atom. The van der Waals surface area contributed by atoms with Crippen molar-refractivity contribution in [3.63, 3.8) is 0 Å². The molecular formula is C15H24F6N2O4. The topological polar surface area (TPSA) is 90.6 Å². The molecule has 0 rings (SSSR count). The van der Waals surface area contributed by atoms with Crippen LogP contribution in [0.4, 0.5) is 26.3 Å². The summed E-state index contributed by atoms with van der Waals surface area (Å²) in [5.74, 6) is -1.87. The predicted octanol–water partition coefficient (Wildman–Crippen LogP) is 2.10. The van der Waals surface area contributed by atoms with Crippen LogP contribution in [-0.2, 0) is 19.1 Å². The number of hydrogen-bond donors (Lipinski definition) is 2. The second-order valence-corrected chi connectivity index (χ2v) is 6.27. The summed E-state index contributed by atoms with van der Waals surface area (Å²) in [6.45, 7) is 1.55. The van der Waals surface area contributed by atoms with E-state index in [2.05, 4.69) is 10.1 Å². The molecule has 0 aromatic rings. The second kappa shape index (κ2) is 10.2. The molecule has 0 aromatic carbocycles. The number of Topliss-reactive ketones (excluding diaryl/α,β-unsaturated/α-hetero) is 1. The maximum absolute atomic E-state index is 12.5. The Hall–Kier alpha value is -1.40. The molecule has 160 valence electrons. The van der Waals surface area contributed by atoms with Crippen LogP contribution in [0.2, 0.25) is 0 Å². The Kier molecular flexibility index (Phi) is 9.70. The van der Waals surface area contributed by atoms with Gasteiger partial charge in [0.15, 0.2) is 5.78 Å². The lowest BCUT2D eigenvalue weighted by Gasteiger charge is -2.27. The molecule has 12 heteroatoms. The fraction of sp³-hybridized carbons (Fsp3) is 0.867. The number of nitrogens with two attached hydrogens (primary N) is 1. The Bertz CT molecular complexity index is 480. The first-order valence-corrected chi connectivity index (χ1v) is 8.00. The second-order valence-electron chi connectivity index (χ2n) is 6.27. The van der Waals surface area contributed by atoms with Gasteiger partial charge in [-0.25, -0.2) is 0 Å². The molecule has 0 aromatic heterocycles. The first-order valence-electron chi connectivity index (χ1n) is 8.00. The lowest BCUT2D eigenvalue weighted by atomic mass is 10.0. The monoisotopic (exact) mass is 410 g/mol. The number of alkyl halides is 6. The molecular weight excluding hydrogens is 386 g/mol. The van der Waals surface area contributed by atoms with Gasteiger partial charge in [0.2, 0.25) is 6.10 Å². The summed E-state index contributed by atoms with van der Waals surface area (Å²) in [6.07, 6.45) is -14.8. The molecule has 0 saturated carbocycles. The van der Waals surface area contributed by atoms with Crippen molar-refractivity contribution >= 4 is 11.7 Å². The highest BCUT2D eigenvalue weighted by atomic mass is 19.4. The van der Waals surface area contributed by atoms with Gasteiger partial charge in [-0.2, -0.15) is 26.3 Å². The number of carbonyl (C=O) groups excluding carboxylic acids is 2. The fourth-order valence-electron chi connectivity index (χ4n) is 1.87. The average molecular weight is 410 g/mol. The van der Waals surface area contributed by atoms with Gasteiger partial charge in [0.1, 0.15) is 12.2 Å². The van der Waals surface area contributed by atoms with E-state index in [1.807, 2.05) is 0 Å². The van der Waals surface area contributed by atoms with Crippen LogP contribution < -0.4 is 11.1 Å². The van der Waals surface area contributed by atoms with E-state index in [1.165, 1.54) is 21.0 Å². The molecule has 0 fully saturated rings. The summed E-state index contributed by atoms with van der Waals surface area (Å²) >= 11 is 0. The number of amides is 1. The van der Waals surface area contributed by atoms with Crippen molar-refractivity contribution in [1.82, 2.24) is 5.32 Å². The van der Waals surface area contributed by atoms with Gasteiger partial charge in [-0.1, -0.05) is 0 Å². The van der Waals surface area contributed by atoms with Crippen LogP contribution in [0.15, 0.2) is 0 Å². The molecule has 3 N–H and O–H groups in total. The maximum Gasteiger partial charge on any atom is 0.423 e. The molecule has 6 nitrogen and oxygen atoms in total. The van der Waals surface area contributed by atoms with E-state index in [4.69, 9.17) is 10.5 Å². The smallest absolute Gasteiger partial charge is 0.369 e. The molecule has 0 saturated heterocycles. The molecule has 0 aliphatic heterocycles.